The van der Waals surface area contributed by atoms with Gasteiger partial charge in [-0.1, -0.05) is 12.1 Å². The van der Waals surface area contributed by atoms with Gasteiger partial charge in [0, 0.05) is 23.5 Å². The van der Waals surface area contributed by atoms with Crippen molar-refractivity contribution in [2.24, 2.45) is 16.7 Å². The summed E-state index contributed by atoms with van der Waals surface area (Å²) in [5.41, 5.74) is 5.96. The Bertz CT molecular complexity index is 879. The molecule has 0 spiro atoms. The van der Waals surface area contributed by atoms with Crippen molar-refractivity contribution in [3.8, 4) is 0 Å². The maximum Gasteiger partial charge on any atom is 0.416 e. The molecule has 3 rings (SSSR count). The molecule has 0 aliphatic carbocycles. The lowest BCUT2D eigenvalue weighted by molar-refractivity contribution is -0.137. The number of rotatable bonds is 6. The lowest BCUT2D eigenvalue weighted by atomic mass is 9.94. The highest BCUT2D eigenvalue weighted by molar-refractivity contribution is 6.02. The van der Waals surface area contributed by atoms with Gasteiger partial charge >= 0.3 is 6.18 Å². The number of hydrogen-bond acceptors (Lipinski definition) is 6. The Kier molecular flexibility index (Phi) is 6.49. The lowest BCUT2D eigenvalue weighted by Crippen LogP contribution is -2.53. The van der Waals surface area contributed by atoms with E-state index in [0.717, 1.165) is 30.2 Å². The summed E-state index contributed by atoms with van der Waals surface area (Å²) in [5, 5.41) is 22.0. The van der Waals surface area contributed by atoms with Crippen LogP contribution in [0.2, 0.25) is 0 Å². The number of para-hydroxylation sites is 1. The average molecular weight is 422 g/mol. The number of hydrazine groups is 1. The van der Waals surface area contributed by atoms with Crippen LogP contribution in [0, 0.1) is 0 Å². The van der Waals surface area contributed by atoms with E-state index < -0.39 is 17.3 Å². The van der Waals surface area contributed by atoms with Crippen molar-refractivity contribution in [2.75, 3.05) is 25.0 Å². The first-order chi connectivity index (χ1) is 14.2. The van der Waals surface area contributed by atoms with Crippen LogP contribution in [0.1, 0.15) is 24.0 Å². The number of hydrogen-bond donors (Lipinski definition) is 5. The van der Waals surface area contributed by atoms with Gasteiger partial charge in [0.2, 0.25) is 0 Å². The zero-order chi connectivity index (χ0) is 21.8. The number of benzene rings is 2. The van der Waals surface area contributed by atoms with E-state index in [9.17, 15) is 18.3 Å². The van der Waals surface area contributed by atoms with Crippen LogP contribution >= 0.6 is 0 Å². The summed E-state index contributed by atoms with van der Waals surface area (Å²) < 4.78 is 38.2. The molecule has 7 N–H and O–H groups in total. The predicted octanol–water partition coefficient (Wildman–Crippen LogP) is 2.36. The fraction of sp³-hybridized carbons (Fsp3) is 0.350. The van der Waals surface area contributed by atoms with Gasteiger partial charge in [-0.25, -0.2) is 11.0 Å². The second-order valence-corrected chi connectivity index (χ2v) is 7.33. The van der Waals surface area contributed by atoms with E-state index in [-0.39, 0.29) is 12.4 Å². The molecule has 0 radical (unpaired) electrons. The van der Waals surface area contributed by atoms with Crippen LogP contribution in [0.4, 0.5) is 24.5 Å². The second-order valence-electron chi connectivity index (χ2n) is 7.33. The fourth-order valence-electron chi connectivity index (χ4n) is 3.33. The number of nitrogens with one attached hydrogen (secondary N) is 2. The number of halogens is 3. The normalized spacial score (nSPS) is 20.1. The van der Waals surface area contributed by atoms with E-state index in [4.69, 9.17) is 11.6 Å². The summed E-state index contributed by atoms with van der Waals surface area (Å²) >= 11 is 0. The third-order valence-electron chi connectivity index (χ3n) is 4.84. The highest BCUT2D eigenvalue weighted by Gasteiger charge is 2.31. The Morgan fingerprint density at radius 2 is 1.90 bits per heavy atom. The summed E-state index contributed by atoms with van der Waals surface area (Å²) in [6, 6.07) is 11.7. The van der Waals surface area contributed by atoms with Gasteiger partial charge in [0.25, 0.3) is 0 Å². The molecule has 2 aromatic carbocycles. The molecule has 30 heavy (non-hydrogen) atoms. The molecule has 1 heterocycles. The van der Waals surface area contributed by atoms with Gasteiger partial charge < -0.3 is 21.5 Å². The Labute approximate surface area is 172 Å². The van der Waals surface area contributed by atoms with Crippen LogP contribution in [0.25, 0.3) is 0 Å². The molecule has 1 aliphatic rings. The standard InChI is InChI=1S/C20H25F3N6O/c21-20(22,23)14-6-8-15(9-7-14)27-17-5-2-1-4-16(17)18(24)28-29(25)13-19(30)10-3-11-26-12-19/h1-2,4-9,26-27,30H,3,10-13,25H2,(H2,24,28). The number of amidine groups is 1. The minimum Gasteiger partial charge on any atom is -0.387 e. The van der Waals surface area contributed by atoms with Gasteiger partial charge in [-0.05, 0) is 55.8 Å². The Balaban J connectivity index is 1.74. The third-order valence-corrected chi connectivity index (χ3v) is 4.84. The lowest BCUT2D eigenvalue weighted by Gasteiger charge is -2.34. The molecule has 1 fully saturated rings. The molecule has 10 heteroatoms. The number of alkyl halides is 3. The number of aliphatic hydroxyl groups is 1. The van der Waals surface area contributed by atoms with Crippen molar-refractivity contribution in [3.05, 3.63) is 59.7 Å². The maximum atomic E-state index is 12.7. The number of nitrogens with zero attached hydrogens (tertiary/aromatic N) is 2. The van der Waals surface area contributed by atoms with Crippen molar-refractivity contribution < 1.29 is 18.3 Å². The largest absolute Gasteiger partial charge is 0.416 e. The molecule has 1 aliphatic heterocycles. The minimum atomic E-state index is -4.39. The number of piperidine rings is 1. The van der Waals surface area contributed by atoms with Crippen molar-refractivity contribution in [2.45, 2.75) is 24.6 Å². The van der Waals surface area contributed by atoms with Gasteiger partial charge in [-0.15, -0.1) is 5.10 Å². The predicted molar refractivity (Wildman–Crippen MR) is 110 cm³/mol. The molecule has 0 aromatic heterocycles. The molecule has 0 amide bonds. The van der Waals surface area contributed by atoms with E-state index >= 15 is 0 Å². The van der Waals surface area contributed by atoms with Gasteiger partial charge in [-0.3, -0.25) is 0 Å². The number of anilines is 2. The Hall–Kier alpha value is -2.82. The first kappa shape index (κ1) is 21.9. The Morgan fingerprint density at radius 1 is 1.20 bits per heavy atom. The van der Waals surface area contributed by atoms with E-state index in [2.05, 4.69) is 15.7 Å². The van der Waals surface area contributed by atoms with Crippen LogP contribution < -0.4 is 22.2 Å². The van der Waals surface area contributed by atoms with Crippen LogP contribution in [0.5, 0.6) is 0 Å². The van der Waals surface area contributed by atoms with Crippen LogP contribution in [-0.4, -0.2) is 41.3 Å². The highest BCUT2D eigenvalue weighted by Crippen LogP contribution is 2.30. The van der Waals surface area contributed by atoms with E-state index in [1.807, 2.05) is 0 Å². The molecular formula is C20H25F3N6O. The molecule has 162 valence electrons. The monoisotopic (exact) mass is 422 g/mol. The second kappa shape index (κ2) is 8.90. The van der Waals surface area contributed by atoms with Gasteiger partial charge in [0.05, 0.1) is 17.7 Å². The third kappa shape index (κ3) is 5.62. The molecule has 7 nitrogen and oxygen atoms in total. The maximum absolute atomic E-state index is 12.7. The number of β-amino-alcohol motifs (C(OH)–C–C–N with tert-alkyl or cyclic N) is 1. The topological polar surface area (TPSA) is 112 Å². The molecule has 1 atom stereocenters. The fourth-order valence-corrected chi connectivity index (χ4v) is 3.33. The molecule has 2 aromatic rings. The van der Waals surface area contributed by atoms with Crippen molar-refractivity contribution >= 4 is 17.2 Å². The van der Waals surface area contributed by atoms with Crippen LogP contribution in [0.15, 0.2) is 53.6 Å². The Morgan fingerprint density at radius 3 is 2.53 bits per heavy atom. The van der Waals surface area contributed by atoms with Gasteiger partial charge in [0.1, 0.15) is 0 Å². The summed E-state index contributed by atoms with van der Waals surface area (Å²) in [4.78, 5) is 0. The van der Waals surface area contributed by atoms with Gasteiger partial charge in [-0.2, -0.15) is 13.2 Å². The summed E-state index contributed by atoms with van der Waals surface area (Å²) in [6.45, 7) is 1.37. The SMILES string of the molecule is N/C(=N\N(N)CC1(O)CCCNC1)c1ccccc1Nc1ccc(C(F)(F)F)cc1. The van der Waals surface area contributed by atoms with Crippen LogP contribution in [-0.2, 0) is 6.18 Å². The number of nitrogens with two attached hydrogens (primary N) is 2. The van der Waals surface area contributed by atoms with Crippen molar-refractivity contribution in [3.63, 3.8) is 0 Å². The summed E-state index contributed by atoms with van der Waals surface area (Å²) in [6.07, 6.45) is -2.95. The molecule has 1 saturated heterocycles. The zero-order valence-electron chi connectivity index (χ0n) is 16.3. The quantitative estimate of drug-likeness (QED) is 0.212. The summed E-state index contributed by atoms with van der Waals surface area (Å²) in [5.74, 6) is 6.05. The van der Waals surface area contributed by atoms with E-state index in [1.165, 1.54) is 12.1 Å². The van der Waals surface area contributed by atoms with E-state index in [0.29, 0.717) is 29.9 Å². The van der Waals surface area contributed by atoms with Crippen molar-refractivity contribution in [1.29, 1.82) is 0 Å². The molecular weight excluding hydrogens is 397 g/mol. The van der Waals surface area contributed by atoms with E-state index in [1.54, 1.807) is 24.3 Å². The average Bonchev–Trinajstić information content (AvgIpc) is 2.68. The minimum absolute atomic E-state index is 0.106. The summed E-state index contributed by atoms with van der Waals surface area (Å²) in [7, 11) is 0. The molecule has 0 saturated carbocycles. The van der Waals surface area contributed by atoms with Gasteiger partial charge in [0.15, 0.2) is 5.84 Å². The molecule has 0 bridgehead atoms. The molecule has 1 unspecified atom stereocenters. The van der Waals surface area contributed by atoms with Crippen molar-refractivity contribution in [1.82, 2.24) is 10.4 Å². The van der Waals surface area contributed by atoms with Crippen LogP contribution in [0.3, 0.4) is 0 Å². The first-order valence-corrected chi connectivity index (χ1v) is 9.49. The smallest absolute Gasteiger partial charge is 0.387 e. The first-order valence-electron chi connectivity index (χ1n) is 9.49. The zero-order valence-corrected chi connectivity index (χ0v) is 16.3. The highest BCUT2D eigenvalue weighted by atomic mass is 19.4. The number of hydrazone groups is 1.